The van der Waals surface area contributed by atoms with Gasteiger partial charge in [0.15, 0.2) is 0 Å². The second kappa shape index (κ2) is 7.43. The highest BCUT2D eigenvalue weighted by Crippen LogP contribution is 2.26. The van der Waals surface area contributed by atoms with Gasteiger partial charge in [0.05, 0.1) is 18.8 Å². The maximum Gasteiger partial charge on any atom is 0.320 e. The molecule has 1 aliphatic heterocycles. The third-order valence-electron chi connectivity index (χ3n) is 3.86. The number of aromatic amines is 1. The number of carbonyl (C=O) groups is 2. The monoisotopic (exact) mass is 362 g/mol. The molecule has 4 N–H and O–H groups in total. The summed E-state index contributed by atoms with van der Waals surface area (Å²) in [5, 5.41) is 15.9. The van der Waals surface area contributed by atoms with E-state index in [0.717, 1.165) is 16.8 Å². The van der Waals surface area contributed by atoms with Crippen LogP contribution in [0.25, 0.3) is 0 Å². The molecule has 1 aromatic carbocycles. The normalized spacial score (nSPS) is 12.6. The largest absolute Gasteiger partial charge is 0.338 e. The Balaban J connectivity index is 1.55. The number of H-pyrrole nitrogens is 1. The van der Waals surface area contributed by atoms with Crippen molar-refractivity contribution in [2.45, 2.75) is 26.6 Å². The molecule has 0 saturated carbocycles. The fourth-order valence-corrected chi connectivity index (χ4v) is 2.71. The van der Waals surface area contributed by atoms with Crippen molar-refractivity contribution in [2.24, 2.45) is 0 Å². The van der Waals surface area contributed by atoms with Gasteiger partial charge in [-0.2, -0.15) is 5.10 Å². The summed E-state index contributed by atoms with van der Waals surface area (Å²) >= 11 is 5.83. The van der Waals surface area contributed by atoms with Gasteiger partial charge in [0, 0.05) is 23.7 Å². The van der Waals surface area contributed by atoms with Crippen LogP contribution in [0.2, 0.25) is 5.02 Å². The number of aromatic nitrogens is 2. The Bertz CT molecular complexity index is 773. The van der Waals surface area contributed by atoms with E-state index in [1.165, 1.54) is 0 Å². The van der Waals surface area contributed by atoms with E-state index in [1.807, 2.05) is 19.1 Å². The van der Waals surface area contributed by atoms with Crippen molar-refractivity contribution >= 4 is 29.5 Å². The minimum Gasteiger partial charge on any atom is -0.338 e. The topological polar surface area (TPSA) is 102 Å². The van der Waals surface area contributed by atoms with Crippen LogP contribution in [0.15, 0.2) is 24.3 Å². The van der Waals surface area contributed by atoms with Gasteiger partial charge < -0.3 is 15.5 Å². The molecule has 0 bridgehead atoms. The molecular weight excluding hydrogens is 344 g/mol. The van der Waals surface area contributed by atoms with Gasteiger partial charge in [-0.1, -0.05) is 23.7 Å². The number of anilines is 1. The summed E-state index contributed by atoms with van der Waals surface area (Å²) in [6.45, 7) is 3.64. The fourth-order valence-electron chi connectivity index (χ4n) is 2.58. The van der Waals surface area contributed by atoms with Gasteiger partial charge >= 0.3 is 12.1 Å². The summed E-state index contributed by atoms with van der Waals surface area (Å²) in [6, 6.07) is 6.75. The number of carbonyl (C=O) groups excluding carboxylic acids is 2. The van der Waals surface area contributed by atoms with E-state index in [9.17, 15) is 9.59 Å². The molecule has 0 radical (unpaired) electrons. The van der Waals surface area contributed by atoms with Crippen molar-refractivity contribution in [3.8, 4) is 0 Å². The van der Waals surface area contributed by atoms with Crippen LogP contribution in [0.1, 0.15) is 23.7 Å². The Hall–Kier alpha value is -2.74. The average Bonchev–Trinajstić information content (AvgIpc) is 3.17. The van der Waals surface area contributed by atoms with Gasteiger partial charge in [0.25, 0.3) is 0 Å². The van der Waals surface area contributed by atoms with Crippen LogP contribution in [0.3, 0.4) is 0 Å². The molecule has 1 aromatic heterocycles. The lowest BCUT2D eigenvalue weighted by atomic mass is 10.2. The average molecular weight is 363 g/mol. The number of nitrogens with zero attached hydrogens (tertiary/aromatic N) is 2. The number of rotatable bonds is 4. The first-order valence-electron chi connectivity index (χ1n) is 7.95. The summed E-state index contributed by atoms with van der Waals surface area (Å²) in [7, 11) is 0. The maximum absolute atomic E-state index is 12.1. The molecule has 9 heteroatoms. The van der Waals surface area contributed by atoms with Gasteiger partial charge in [-0.15, -0.1) is 0 Å². The van der Waals surface area contributed by atoms with Crippen LogP contribution in [0.4, 0.5) is 15.4 Å². The summed E-state index contributed by atoms with van der Waals surface area (Å²) < 4.78 is 0. The number of urea groups is 2. The lowest BCUT2D eigenvalue weighted by Crippen LogP contribution is -2.36. The highest BCUT2D eigenvalue weighted by Gasteiger charge is 2.28. The lowest BCUT2D eigenvalue weighted by molar-refractivity contribution is 0.198. The Kier molecular flexibility index (Phi) is 5.08. The lowest BCUT2D eigenvalue weighted by Gasteiger charge is -2.15. The zero-order chi connectivity index (χ0) is 17.8. The number of hydrogen-bond donors (Lipinski definition) is 4. The van der Waals surface area contributed by atoms with Crippen molar-refractivity contribution in [3.63, 3.8) is 0 Å². The minimum absolute atomic E-state index is 0.140. The third-order valence-corrected chi connectivity index (χ3v) is 4.11. The smallest absolute Gasteiger partial charge is 0.320 e. The molecule has 0 aliphatic carbocycles. The molecular formula is C16H19ClN6O2. The molecule has 0 unspecified atom stereocenters. The number of hydrogen-bond acceptors (Lipinski definition) is 3. The van der Waals surface area contributed by atoms with E-state index in [-0.39, 0.29) is 12.1 Å². The molecule has 1 aliphatic rings. The minimum atomic E-state index is -0.349. The molecule has 4 amide bonds. The number of amides is 4. The van der Waals surface area contributed by atoms with Crippen LogP contribution in [0.5, 0.6) is 0 Å². The predicted molar refractivity (Wildman–Crippen MR) is 94.2 cm³/mol. The van der Waals surface area contributed by atoms with Gasteiger partial charge in [-0.05, 0) is 24.6 Å². The summed E-state index contributed by atoms with van der Waals surface area (Å²) in [4.78, 5) is 25.6. The molecule has 2 aromatic rings. The second-order valence-electron chi connectivity index (χ2n) is 5.65. The van der Waals surface area contributed by atoms with E-state index in [1.54, 1.807) is 17.0 Å². The molecule has 2 heterocycles. The summed E-state index contributed by atoms with van der Waals surface area (Å²) in [6.07, 6.45) is 0. The van der Waals surface area contributed by atoms with Crippen molar-refractivity contribution in [2.75, 3.05) is 11.9 Å². The first-order valence-corrected chi connectivity index (χ1v) is 8.32. The summed E-state index contributed by atoms with van der Waals surface area (Å²) in [5.74, 6) is 0.510. The van der Waals surface area contributed by atoms with Gasteiger partial charge in [0.1, 0.15) is 5.82 Å². The van der Waals surface area contributed by atoms with Crippen molar-refractivity contribution in [3.05, 3.63) is 46.1 Å². The number of fused-ring (bicyclic) bond motifs is 1. The van der Waals surface area contributed by atoms with Gasteiger partial charge in [-0.3, -0.25) is 10.4 Å². The van der Waals surface area contributed by atoms with Crippen LogP contribution >= 0.6 is 11.6 Å². The SMILES string of the molecule is CCNC(=O)N1Cc2n[nH]c(NC(=O)NCc3ccc(Cl)cc3)c2C1. The van der Waals surface area contributed by atoms with E-state index in [2.05, 4.69) is 26.1 Å². The third kappa shape index (κ3) is 4.03. The van der Waals surface area contributed by atoms with Gasteiger partial charge in [-0.25, -0.2) is 9.59 Å². The summed E-state index contributed by atoms with van der Waals surface area (Å²) in [5.41, 5.74) is 2.53. The van der Waals surface area contributed by atoms with Crippen molar-refractivity contribution in [1.29, 1.82) is 0 Å². The Morgan fingerprint density at radius 1 is 1.24 bits per heavy atom. The first kappa shape index (κ1) is 17.1. The molecule has 3 rings (SSSR count). The van der Waals surface area contributed by atoms with Crippen LogP contribution in [-0.4, -0.2) is 33.7 Å². The first-order chi connectivity index (χ1) is 12.1. The van der Waals surface area contributed by atoms with E-state index in [4.69, 9.17) is 11.6 Å². The highest BCUT2D eigenvalue weighted by atomic mass is 35.5. The Morgan fingerprint density at radius 3 is 2.72 bits per heavy atom. The molecule has 0 spiro atoms. The number of benzene rings is 1. The number of halogens is 1. The standard InChI is InChI=1S/C16H19ClN6O2/c1-2-18-16(25)23-8-12-13(9-23)21-22-14(12)20-15(24)19-7-10-3-5-11(17)6-4-10/h3-6H,2,7-9H2,1H3,(H,18,25)(H3,19,20,21,22,24). The molecule has 132 valence electrons. The second-order valence-corrected chi connectivity index (χ2v) is 6.09. The molecule has 8 nitrogen and oxygen atoms in total. The quantitative estimate of drug-likeness (QED) is 0.671. The zero-order valence-corrected chi connectivity index (χ0v) is 14.5. The molecule has 0 fully saturated rings. The Labute approximate surface area is 149 Å². The van der Waals surface area contributed by atoms with E-state index in [0.29, 0.717) is 37.0 Å². The van der Waals surface area contributed by atoms with Crippen LogP contribution < -0.4 is 16.0 Å². The van der Waals surface area contributed by atoms with Crippen LogP contribution in [0, 0.1) is 0 Å². The highest BCUT2D eigenvalue weighted by molar-refractivity contribution is 6.30. The van der Waals surface area contributed by atoms with Crippen molar-refractivity contribution < 1.29 is 9.59 Å². The fraction of sp³-hybridized carbons (Fsp3) is 0.312. The maximum atomic E-state index is 12.1. The van der Waals surface area contributed by atoms with Crippen molar-refractivity contribution in [1.82, 2.24) is 25.7 Å². The Morgan fingerprint density at radius 2 is 2.00 bits per heavy atom. The van der Waals surface area contributed by atoms with E-state index < -0.39 is 0 Å². The zero-order valence-electron chi connectivity index (χ0n) is 13.7. The molecule has 0 atom stereocenters. The molecule has 0 saturated heterocycles. The molecule has 25 heavy (non-hydrogen) atoms. The van der Waals surface area contributed by atoms with Crippen LogP contribution in [-0.2, 0) is 19.6 Å². The van der Waals surface area contributed by atoms with E-state index >= 15 is 0 Å². The number of nitrogens with one attached hydrogen (secondary N) is 4. The predicted octanol–water partition coefficient (Wildman–Crippen LogP) is 2.43. The van der Waals surface area contributed by atoms with Gasteiger partial charge in [0.2, 0.25) is 0 Å².